The van der Waals surface area contributed by atoms with Gasteiger partial charge < -0.3 is 4.74 Å². The summed E-state index contributed by atoms with van der Waals surface area (Å²) in [5, 5.41) is 13.5. The molecule has 1 spiro atoms. The summed E-state index contributed by atoms with van der Waals surface area (Å²) in [5.41, 5.74) is 3.92. The van der Waals surface area contributed by atoms with Crippen LogP contribution in [0.3, 0.4) is 0 Å². The molecule has 0 N–H and O–H groups in total. The fourth-order valence-corrected chi connectivity index (χ4v) is 6.47. The Morgan fingerprint density at radius 2 is 1.90 bits per heavy atom. The average Bonchev–Trinajstić information content (AvgIpc) is 3.61. The maximum Gasteiger partial charge on any atom is 0.347 e. The van der Waals surface area contributed by atoms with Crippen molar-refractivity contribution in [3.8, 4) is 0 Å². The first-order chi connectivity index (χ1) is 18.8. The van der Waals surface area contributed by atoms with E-state index in [1.165, 1.54) is 15.8 Å². The Balaban J connectivity index is 1.45. The van der Waals surface area contributed by atoms with Gasteiger partial charge in [-0.1, -0.05) is 78.7 Å². The number of ether oxygens (including phenoxy) is 1. The number of aromatic nitrogens is 3. The minimum Gasteiger partial charge on any atom is -0.383 e. The van der Waals surface area contributed by atoms with Gasteiger partial charge in [0.25, 0.3) is 0 Å². The van der Waals surface area contributed by atoms with Gasteiger partial charge in [-0.05, 0) is 54.2 Å². The highest BCUT2D eigenvalue weighted by atomic mass is 35.5. The lowest BCUT2D eigenvalue weighted by Gasteiger charge is -2.37. The standard InChI is InChI=1S/C30H31Cl2N5O2/c1-29(14-12-24(32)13-15-29)26-30(16-11-22-5-3-4-6-25(22)30)20-37(33-26)27-34-36(28(38)35(27)17-18-39-2)19-21-7-9-23(31)10-8-21/h3-10,12-14H,11,15-20H2,1-2H3/t29?,30-/m0/s1. The average molecular weight is 565 g/mol. The monoisotopic (exact) mass is 563 g/mol. The predicted octanol–water partition coefficient (Wildman–Crippen LogP) is 5.54. The van der Waals surface area contributed by atoms with Crippen LogP contribution in [0, 0.1) is 5.41 Å². The summed E-state index contributed by atoms with van der Waals surface area (Å²) in [6.45, 7) is 3.95. The maximum atomic E-state index is 13.6. The van der Waals surface area contributed by atoms with Gasteiger partial charge in [-0.2, -0.15) is 5.10 Å². The Bertz CT molecular complexity index is 1550. The third kappa shape index (κ3) is 4.56. The molecule has 2 aromatic carbocycles. The highest BCUT2D eigenvalue weighted by Gasteiger charge is 2.54. The van der Waals surface area contributed by atoms with Crippen molar-refractivity contribution in [3.63, 3.8) is 0 Å². The summed E-state index contributed by atoms with van der Waals surface area (Å²) < 4.78 is 8.53. The van der Waals surface area contributed by atoms with Gasteiger partial charge in [0.2, 0.25) is 5.95 Å². The van der Waals surface area contributed by atoms with Crippen molar-refractivity contribution in [2.24, 2.45) is 10.5 Å². The van der Waals surface area contributed by atoms with Gasteiger partial charge in [-0.15, -0.1) is 5.10 Å². The number of hydrogen-bond acceptors (Lipinski definition) is 5. The van der Waals surface area contributed by atoms with Crippen molar-refractivity contribution < 1.29 is 4.74 Å². The van der Waals surface area contributed by atoms with Crippen LogP contribution in [0.5, 0.6) is 0 Å². The molecule has 39 heavy (non-hydrogen) atoms. The van der Waals surface area contributed by atoms with Gasteiger partial charge in [0.05, 0.1) is 37.4 Å². The Morgan fingerprint density at radius 1 is 1.10 bits per heavy atom. The van der Waals surface area contributed by atoms with E-state index in [0.29, 0.717) is 37.2 Å². The second kappa shape index (κ2) is 10.1. The molecular formula is C30H31Cl2N5O2. The van der Waals surface area contributed by atoms with E-state index in [-0.39, 0.29) is 16.5 Å². The Morgan fingerprint density at radius 3 is 2.64 bits per heavy atom. The zero-order valence-electron chi connectivity index (χ0n) is 22.1. The van der Waals surface area contributed by atoms with Crippen molar-refractivity contribution in [2.75, 3.05) is 25.3 Å². The van der Waals surface area contributed by atoms with Crippen LogP contribution in [-0.4, -0.2) is 40.3 Å². The number of methoxy groups -OCH3 is 1. The predicted molar refractivity (Wildman–Crippen MR) is 156 cm³/mol. The van der Waals surface area contributed by atoms with Crippen molar-refractivity contribution in [1.29, 1.82) is 0 Å². The summed E-state index contributed by atoms with van der Waals surface area (Å²) >= 11 is 12.4. The Labute approximate surface area is 238 Å². The van der Waals surface area contributed by atoms with E-state index in [4.69, 9.17) is 38.1 Å². The second-order valence-corrected chi connectivity index (χ2v) is 11.7. The molecular weight excluding hydrogens is 533 g/mol. The molecule has 1 unspecified atom stereocenters. The Kier molecular flexibility index (Phi) is 6.78. The molecule has 2 aliphatic carbocycles. The molecule has 3 aromatic rings. The lowest BCUT2D eigenvalue weighted by molar-refractivity contribution is 0.186. The van der Waals surface area contributed by atoms with Crippen molar-refractivity contribution in [1.82, 2.24) is 14.3 Å². The molecule has 7 nitrogen and oxygen atoms in total. The number of aryl methyl sites for hydroxylation is 1. The number of allylic oxidation sites excluding steroid dienone is 4. The van der Waals surface area contributed by atoms with Crippen LogP contribution in [0.4, 0.5) is 5.95 Å². The number of fused-ring (bicyclic) bond motifs is 2. The first-order valence-corrected chi connectivity index (χ1v) is 14.0. The molecule has 6 rings (SSSR count). The van der Waals surface area contributed by atoms with E-state index in [9.17, 15) is 4.79 Å². The molecule has 0 saturated heterocycles. The highest BCUT2D eigenvalue weighted by Crippen LogP contribution is 2.51. The van der Waals surface area contributed by atoms with Gasteiger partial charge in [-0.3, -0.25) is 4.57 Å². The van der Waals surface area contributed by atoms with Crippen LogP contribution in [0.1, 0.15) is 36.5 Å². The molecule has 1 aromatic heterocycles. The van der Waals surface area contributed by atoms with Crippen molar-refractivity contribution in [3.05, 3.63) is 104 Å². The number of hydrogen-bond donors (Lipinski definition) is 0. The third-order valence-corrected chi connectivity index (χ3v) is 8.75. The SMILES string of the molecule is COCCn1c(N2C[C@]3(CCc4ccccc43)C(C3(C)C=CC(Cl)=CC3)=N2)nn(Cc2ccc(Cl)cc2)c1=O. The number of halogens is 2. The molecule has 3 aliphatic rings. The largest absolute Gasteiger partial charge is 0.383 e. The highest BCUT2D eigenvalue weighted by molar-refractivity contribution is 6.31. The minimum atomic E-state index is -0.311. The number of hydrazone groups is 1. The molecule has 2 atom stereocenters. The number of rotatable bonds is 7. The first kappa shape index (κ1) is 26.1. The molecule has 2 heterocycles. The number of anilines is 1. The zero-order chi connectivity index (χ0) is 27.2. The Hall–Kier alpha value is -3.13. The van der Waals surface area contributed by atoms with E-state index in [1.807, 2.05) is 35.4 Å². The van der Waals surface area contributed by atoms with Gasteiger partial charge >= 0.3 is 5.69 Å². The van der Waals surface area contributed by atoms with Gasteiger partial charge in [0.15, 0.2) is 0 Å². The van der Waals surface area contributed by atoms with Crippen LogP contribution in [0.25, 0.3) is 0 Å². The second-order valence-electron chi connectivity index (χ2n) is 10.8. The summed E-state index contributed by atoms with van der Waals surface area (Å²) in [6.07, 6.45) is 8.92. The molecule has 0 fully saturated rings. The molecule has 1 aliphatic heterocycles. The number of nitrogens with zero attached hydrogens (tertiary/aromatic N) is 5. The lowest BCUT2D eigenvalue weighted by Crippen LogP contribution is -2.44. The maximum absolute atomic E-state index is 13.6. The van der Waals surface area contributed by atoms with Crippen molar-refractivity contribution >= 4 is 34.9 Å². The minimum absolute atomic E-state index is 0.194. The normalized spacial score (nSPS) is 23.8. The van der Waals surface area contributed by atoms with Crippen LogP contribution in [-0.2, 0) is 29.7 Å². The summed E-state index contributed by atoms with van der Waals surface area (Å²) in [4.78, 5) is 13.6. The lowest BCUT2D eigenvalue weighted by atomic mass is 9.65. The summed E-state index contributed by atoms with van der Waals surface area (Å²) in [6, 6.07) is 16.1. The molecule has 0 radical (unpaired) electrons. The van der Waals surface area contributed by atoms with Gasteiger partial charge in [0.1, 0.15) is 0 Å². The summed E-state index contributed by atoms with van der Waals surface area (Å²) in [7, 11) is 1.63. The van der Waals surface area contributed by atoms with Gasteiger partial charge in [0, 0.05) is 22.6 Å². The molecule has 9 heteroatoms. The fourth-order valence-electron chi connectivity index (χ4n) is 6.21. The fraction of sp³-hybridized carbons (Fsp3) is 0.367. The van der Waals surface area contributed by atoms with E-state index in [1.54, 1.807) is 11.7 Å². The molecule has 202 valence electrons. The van der Waals surface area contributed by atoms with Crippen LogP contribution in [0.15, 0.2) is 81.7 Å². The first-order valence-electron chi connectivity index (χ1n) is 13.2. The van der Waals surface area contributed by atoms with Crippen LogP contribution >= 0.6 is 23.2 Å². The van der Waals surface area contributed by atoms with Crippen LogP contribution < -0.4 is 10.7 Å². The van der Waals surface area contributed by atoms with Crippen LogP contribution in [0.2, 0.25) is 5.02 Å². The zero-order valence-corrected chi connectivity index (χ0v) is 23.6. The van der Waals surface area contributed by atoms with E-state index in [0.717, 1.165) is 35.6 Å². The van der Waals surface area contributed by atoms with E-state index >= 15 is 0 Å². The van der Waals surface area contributed by atoms with Gasteiger partial charge in [-0.25, -0.2) is 14.5 Å². The number of benzene rings is 2. The topological polar surface area (TPSA) is 64.7 Å². The smallest absolute Gasteiger partial charge is 0.347 e. The third-order valence-electron chi connectivity index (χ3n) is 8.22. The molecule has 0 amide bonds. The quantitative estimate of drug-likeness (QED) is 0.378. The molecule has 0 bridgehead atoms. The van der Waals surface area contributed by atoms with Crippen molar-refractivity contribution in [2.45, 2.75) is 44.7 Å². The van der Waals surface area contributed by atoms with E-state index < -0.39 is 0 Å². The molecule has 0 saturated carbocycles. The summed E-state index contributed by atoms with van der Waals surface area (Å²) in [5.74, 6) is 0.529. The van der Waals surface area contributed by atoms with E-state index in [2.05, 4.69) is 43.3 Å².